The van der Waals surface area contributed by atoms with Gasteiger partial charge in [0, 0.05) is 53.2 Å². The molecule has 220 valence electrons. The summed E-state index contributed by atoms with van der Waals surface area (Å²) in [6.45, 7) is 0. The number of alkyl halides is 2. The van der Waals surface area contributed by atoms with E-state index in [2.05, 4.69) is 10.3 Å². The minimum Gasteiger partial charge on any atom is -0.383 e. The third kappa shape index (κ3) is 5.92. The van der Waals surface area contributed by atoms with Gasteiger partial charge in [0.2, 0.25) is 5.91 Å². The Balaban J connectivity index is 1.65. The zero-order valence-corrected chi connectivity index (χ0v) is 23.0. The highest BCUT2D eigenvalue weighted by Crippen LogP contribution is 2.40. The van der Waals surface area contributed by atoms with Crippen molar-refractivity contribution in [2.75, 3.05) is 9.80 Å². The van der Waals surface area contributed by atoms with Gasteiger partial charge in [0.15, 0.2) is 0 Å². The molecule has 1 aliphatic carbocycles. The second kappa shape index (κ2) is 11.5. The Bertz CT molecular complexity index is 1530. The Morgan fingerprint density at radius 2 is 1.74 bits per heavy atom. The molecule has 0 radical (unpaired) electrons. The average molecular weight is 625 g/mol. The zero-order chi connectivity index (χ0) is 30.3. The number of hydrogen-bond acceptors (Lipinski definition) is 5. The number of nitrogens with zero attached hydrogens (tertiary/aromatic N) is 3. The van der Waals surface area contributed by atoms with Crippen molar-refractivity contribution in [1.29, 1.82) is 0 Å². The summed E-state index contributed by atoms with van der Waals surface area (Å²) in [6, 6.07) is 6.49. The van der Waals surface area contributed by atoms with Gasteiger partial charge in [-0.25, -0.2) is 22.5 Å². The van der Waals surface area contributed by atoms with Crippen molar-refractivity contribution >= 4 is 52.4 Å². The Morgan fingerprint density at radius 3 is 2.36 bits per heavy atom. The molecule has 3 unspecified atom stereocenters. The first-order valence-corrected chi connectivity index (χ1v) is 13.4. The Kier molecular flexibility index (Phi) is 8.15. The van der Waals surface area contributed by atoms with Crippen LogP contribution in [0.5, 0.6) is 0 Å². The van der Waals surface area contributed by atoms with Gasteiger partial charge in [-0.1, -0.05) is 41.4 Å². The largest absolute Gasteiger partial charge is 0.383 e. The fraction of sp³-hybridized carbons (Fsp3) is 0.286. The van der Waals surface area contributed by atoms with Gasteiger partial charge in [0.1, 0.15) is 35.6 Å². The highest BCUT2D eigenvalue weighted by molar-refractivity contribution is 6.32. The number of pyridine rings is 1. The van der Waals surface area contributed by atoms with E-state index in [0.29, 0.717) is 6.07 Å². The number of hydrogen-bond donors (Lipinski definition) is 2. The lowest BCUT2D eigenvalue weighted by Crippen LogP contribution is -2.56. The van der Waals surface area contributed by atoms with Crippen LogP contribution in [0.4, 0.5) is 29.1 Å². The molecule has 1 saturated heterocycles. The molecular weight excluding hydrogens is 603 g/mol. The number of aliphatic hydroxyl groups excluding tert-OH is 1. The summed E-state index contributed by atoms with van der Waals surface area (Å²) in [5.74, 6) is -8.15. The Hall–Kier alpha value is -3.74. The SMILES string of the molecule is O=C(NC1CC(F)(F)C1)C(c1ccccc1Cl)N(C(=O)C1CC(O)C(=O)N1c1cc(Cl)ccn1)c1cc(F)cc(F)c1. The Morgan fingerprint density at radius 1 is 1.07 bits per heavy atom. The molecule has 2 fully saturated rings. The van der Waals surface area contributed by atoms with Crippen molar-refractivity contribution in [3.8, 4) is 0 Å². The summed E-state index contributed by atoms with van der Waals surface area (Å²) in [6.07, 6.45) is -2.14. The lowest BCUT2D eigenvalue weighted by Gasteiger charge is -2.39. The van der Waals surface area contributed by atoms with Gasteiger partial charge in [0.05, 0.1) is 5.69 Å². The summed E-state index contributed by atoms with van der Waals surface area (Å²) in [5, 5.41) is 13.1. The van der Waals surface area contributed by atoms with Crippen LogP contribution in [0.25, 0.3) is 0 Å². The van der Waals surface area contributed by atoms with E-state index in [4.69, 9.17) is 23.2 Å². The third-order valence-corrected chi connectivity index (χ3v) is 7.61. The fourth-order valence-corrected chi connectivity index (χ4v) is 5.51. The molecule has 2 heterocycles. The molecule has 0 spiro atoms. The monoisotopic (exact) mass is 624 g/mol. The molecule has 2 N–H and O–H groups in total. The first-order valence-electron chi connectivity index (χ1n) is 12.7. The van der Waals surface area contributed by atoms with Crippen molar-refractivity contribution in [2.24, 2.45) is 0 Å². The van der Waals surface area contributed by atoms with E-state index >= 15 is 0 Å². The van der Waals surface area contributed by atoms with E-state index in [9.17, 15) is 37.1 Å². The highest BCUT2D eigenvalue weighted by Gasteiger charge is 2.50. The minimum atomic E-state index is -2.98. The quantitative estimate of drug-likeness (QED) is 0.367. The van der Waals surface area contributed by atoms with Gasteiger partial charge in [-0.2, -0.15) is 0 Å². The predicted octanol–water partition coefficient (Wildman–Crippen LogP) is 4.82. The fourth-order valence-electron chi connectivity index (χ4n) is 5.12. The molecule has 0 bridgehead atoms. The van der Waals surface area contributed by atoms with E-state index < -0.39 is 84.5 Å². The maximum absolute atomic E-state index is 14.5. The number of aliphatic hydroxyl groups is 1. The zero-order valence-electron chi connectivity index (χ0n) is 21.5. The molecule has 2 aromatic carbocycles. The van der Waals surface area contributed by atoms with Crippen LogP contribution >= 0.6 is 23.2 Å². The smallest absolute Gasteiger partial charge is 0.257 e. The summed E-state index contributed by atoms with van der Waals surface area (Å²) in [4.78, 5) is 46.9. The molecule has 14 heteroatoms. The first-order chi connectivity index (χ1) is 19.8. The summed E-state index contributed by atoms with van der Waals surface area (Å²) in [5.41, 5.74) is -0.414. The van der Waals surface area contributed by atoms with Crippen molar-refractivity contribution in [2.45, 2.75) is 49.4 Å². The van der Waals surface area contributed by atoms with Gasteiger partial charge >= 0.3 is 0 Å². The van der Waals surface area contributed by atoms with Gasteiger partial charge in [-0.15, -0.1) is 0 Å². The van der Waals surface area contributed by atoms with E-state index in [1.807, 2.05) is 0 Å². The van der Waals surface area contributed by atoms with Crippen molar-refractivity contribution < 1.29 is 37.1 Å². The van der Waals surface area contributed by atoms with E-state index in [1.165, 1.54) is 36.5 Å². The van der Waals surface area contributed by atoms with Crippen LogP contribution in [-0.2, 0) is 14.4 Å². The van der Waals surface area contributed by atoms with Gasteiger partial charge < -0.3 is 10.4 Å². The van der Waals surface area contributed by atoms with E-state index in [1.54, 1.807) is 6.07 Å². The minimum absolute atomic E-state index is 0.0119. The molecular formula is C28H22Cl2F4N4O4. The second-order valence-electron chi connectivity index (χ2n) is 10.0. The normalized spacial score (nSPS) is 20.6. The number of anilines is 2. The molecule has 1 aromatic heterocycles. The highest BCUT2D eigenvalue weighted by atomic mass is 35.5. The maximum Gasteiger partial charge on any atom is 0.257 e. The van der Waals surface area contributed by atoms with Gasteiger partial charge in [0.25, 0.3) is 17.7 Å². The van der Waals surface area contributed by atoms with E-state index in [0.717, 1.165) is 21.9 Å². The molecule has 5 rings (SSSR count). The maximum atomic E-state index is 14.5. The predicted molar refractivity (Wildman–Crippen MR) is 145 cm³/mol. The van der Waals surface area contributed by atoms with Gasteiger partial charge in [-0.05, 0) is 30.3 Å². The Labute approximate surface area is 246 Å². The number of nitrogens with one attached hydrogen (secondary N) is 1. The van der Waals surface area contributed by atoms with E-state index in [-0.39, 0.29) is 21.4 Å². The van der Waals surface area contributed by atoms with Crippen LogP contribution in [0.2, 0.25) is 10.0 Å². The van der Waals surface area contributed by atoms with Crippen molar-refractivity contribution in [3.63, 3.8) is 0 Å². The topological polar surface area (TPSA) is 103 Å². The second-order valence-corrected chi connectivity index (χ2v) is 10.9. The number of amides is 3. The lowest BCUT2D eigenvalue weighted by atomic mass is 9.87. The van der Waals surface area contributed by atoms with Gasteiger partial charge in [-0.3, -0.25) is 24.2 Å². The van der Waals surface area contributed by atoms with Crippen LogP contribution in [0.3, 0.4) is 0 Å². The summed E-state index contributed by atoms with van der Waals surface area (Å²) < 4.78 is 56.2. The number of aromatic nitrogens is 1. The number of rotatable bonds is 7. The molecule has 1 saturated carbocycles. The van der Waals surface area contributed by atoms with Crippen molar-refractivity contribution in [3.05, 3.63) is 88.0 Å². The number of benzene rings is 2. The van der Waals surface area contributed by atoms with Crippen LogP contribution < -0.4 is 15.1 Å². The average Bonchev–Trinajstić information content (AvgIpc) is 3.19. The molecule has 3 aromatic rings. The molecule has 3 atom stereocenters. The first kappa shape index (κ1) is 29.7. The number of carbonyl (C=O) groups is 3. The third-order valence-electron chi connectivity index (χ3n) is 7.03. The number of halogens is 6. The lowest BCUT2D eigenvalue weighted by molar-refractivity contribution is -0.133. The van der Waals surface area contributed by atoms with Crippen LogP contribution in [-0.4, -0.2) is 51.9 Å². The van der Waals surface area contributed by atoms with Crippen LogP contribution in [0.1, 0.15) is 30.9 Å². The molecule has 3 amide bonds. The van der Waals surface area contributed by atoms with Crippen LogP contribution in [0, 0.1) is 11.6 Å². The summed E-state index contributed by atoms with van der Waals surface area (Å²) in [7, 11) is 0. The standard InChI is InChI=1S/C28H22Cl2F4N4O4/c29-14-5-6-35-23(7-14)38-21(11-22(39)27(38)42)26(41)37(18-9-15(31)8-16(32)10-18)24(19-3-1-2-4-20(19)30)25(40)36-17-12-28(33,34)13-17/h1-10,17,21-22,24,39H,11-13H2,(H,36,40). The van der Waals surface area contributed by atoms with Crippen molar-refractivity contribution in [1.82, 2.24) is 10.3 Å². The van der Waals surface area contributed by atoms with Crippen LogP contribution in [0.15, 0.2) is 60.8 Å². The molecule has 42 heavy (non-hydrogen) atoms. The summed E-state index contributed by atoms with van der Waals surface area (Å²) >= 11 is 12.5. The molecule has 8 nitrogen and oxygen atoms in total. The molecule has 1 aliphatic heterocycles. The number of carbonyl (C=O) groups excluding carboxylic acids is 3. The molecule has 2 aliphatic rings.